The largest absolute Gasteiger partial charge is 0.313 e. The van der Waals surface area contributed by atoms with E-state index in [2.05, 4.69) is 53.7 Å². The van der Waals surface area contributed by atoms with Gasteiger partial charge in [-0.3, -0.25) is 4.68 Å². The monoisotopic (exact) mass is 290 g/mol. The lowest BCUT2D eigenvalue weighted by molar-refractivity contribution is 0.566. The van der Waals surface area contributed by atoms with Crippen molar-refractivity contribution in [3.8, 4) is 0 Å². The van der Waals surface area contributed by atoms with Gasteiger partial charge in [0, 0.05) is 36.4 Å². The van der Waals surface area contributed by atoms with Crippen LogP contribution in [-0.2, 0) is 13.5 Å². The van der Waals surface area contributed by atoms with E-state index in [-0.39, 0.29) is 0 Å². The number of hydrogen-bond donors (Lipinski definition) is 1. The highest BCUT2D eigenvalue weighted by molar-refractivity contribution is 7.99. The summed E-state index contributed by atoms with van der Waals surface area (Å²) in [5.74, 6) is 1.04. The van der Waals surface area contributed by atoms with Crippen molar-refractivity contribution in [2.45, 2.75) is 31.2 Å². The van der Waals surface area contributed by atoms with Crippen molar-refractivity contribution in [2.75, 3.05) is 12.3 Å². The molecule has 0 aliphatic heterocycles. The van der Waals surface area contributed by atoms with Crippen molar-refractivity contribution < 1.29 is 0 Å². The van der Waals surface area contributed by atoms with E-state index in [1.165, 1.54) is 10.5 Å². The fourth-order valence-electron chi connectivity index (χ4n) is 2.12. The Balaban J connectivity index is 1.91. The van der Waals surface area contributed by atoms with Crippen LogP contribution in [-0.4, -0.2) is 33.3 Å². The van der Waals surface area contributed by atoms with Crippen molar-refractivity contribution in [1.29, 1.82) is 0 Å². The van der Waals surface area contributed by atoms with E-state index in [0.29, 0.717) is 6.04 Å². The van der Waals surface area contributed by atoms with Crippen molar-refractivity contribution in [3.63, 3.8) is 0 Å². The van der Waals surface area contributed by atoms with Gasteiger partial charge in [0.05, 0.1) is 5.69 Å². The average molecular weight is 290 g/mol. The molecule has 1 aromatic carbocycles. The molecule has 0 aliphatic carbocycles. The predicted octanol–water partition coefficient (Wildman–Crippen LogP) is 2.44. The summed E-state index contributed by atoms with van der Waals surface area (Å²) in [7, 11) is 1.90. The number of aromatic nitrogens is 3. The zero-order valence-corrected chi connectivity index (χ0v) is 13.2. The van der Waals surface area contributed by atoms with E-state index >= 15 is 0 Å². The molecule has 4 nitrogen and oxygen atoms in total. The number of aryl methyl sites for hydroxylation is 2. The smallest absolute Gasteiger partial charge is 0.0842 e. The van der Waals surface area contributed by atoms with E-state index in [4.69, 9.17) is 0 Å². The van der Waals surface area contributed by atoms with Crippen molar-refractivity contribution >= 4 is 11.8 Å². The predicted molar refractivity (Wildman–Crippen MR) is 84.1 cm³/mol. The van der Waals surface area contributed by atoms with E-state index in [9.17, 15) is 0 Å². The summed E-state index contributed by atoms with van der Waals surface area (Å²) in [6.45, 7) is 5.24. The third-order valence-electron chi connectivity index (χ3n) is 3.04. The second-order valence-corrected chi connectivity index (χ2v) is 6.06. The van der Waals surface area contributed by atoms with Crippen molar-refractivity contribution in [1.82, 2.24) is 20.3 Å². The Hall–Kier alpha value is -1.33. The van der Waals surface area contributed by atoms with Crippen molar-refractivity contribution in [2.24, 2.45) is 7.05 Å². The standard InChI is InChI=1S/C15H22N4S/c1-4-16-14(9-13-10-19(3)18-17-13)11-20-15-7-5-6-12(2)8-15/h5-8,10,14,16H,4,9,11H2,1-3H3. The summed E-state index contributed by atoms with van der Waals surface area (Å²) in [4.78, 5) is 1.33. The molecule has 0 fully saturated rings. The number of hydrogen-bond acceptors (Lipinski definition) is 4. The van der Waals surface area contributed by atoms with Crippen LogP contribution in [0.25, 0.3) is 0 Å². The zero-order valence-electron chi connectivity index (χ0n) is 12.3. The van der Waals surface area contributed by atoms with E-state index in [1.54, 1.807) is 4.68 Å². The van der Waals surface area contributed by atoms with E-state index in [0.717, 1.165) is 24.4 Å². The van der Waals surface area contributed by atoms with Gasteiger partial charge in [0.2, 0.25) is 0 Å². The molecule has 0 aliphatic rings. The lowest BCUT2D eigenvalue weighted by atomic mass is 10.2. The van der Waals surface area contributed by atoms with E-state index < -0.39 is 0 Å². The molecule has 2 rings (SSSR count). The Morgan fingerprint density at radius 3 is 2.90 bits per heavy atom. The highest BCUT2D eigenvalue weighted by Gasteiger charge is 2.11. The maximum atomic E-state index is 4.17. The van der Waals surface area contributed by atoms with Crippen LogP contribution in [0.5, 0.6) is 0 Å². The van der Waals surface area contributed by atoms with Gasteiger partial charge in [-0.15, -0.1) is 16.9 Å². The summed E-state index contributed by atoms with van der Waals surface area (Å²) in [5, 5.41) is 11.7. The van der Waals surface area contributed by atoms with Crippen LogP contribution in [0, 0.1) is 6.92 Å². The molecule has 0 saturated heterocycles. The van der Waals surface area contributed by atoms with E-state index in [1.807, 2.05) is 25.0 Å². The molecule has 1 heterocycles. The van der Waals surface area contributed by atoms with Gasteiger partial charge in [0.15, 0.2) is 0 Å². The van der Waals surface area contributed by atoms with Crippen LogP contribution in [0.3, 0.4) is 0 Å². The minimum absolute atomic E-state index is 0.419. The quantitative estimate of drug-likeness (QED) is 0.795. The molecule has 0 spiro atoms. The molecule has 5 heteroatoms. The maximum absolute atomic E-state index is 4.17. The third kappa shape index (κ3) is 4.65. The highest BCUT2D eigenvalue weighted by Crippen LogP contribution is 2.20. The minimum Gasteiger partial charge on any atom is -0.313 e. The van der Waals surface area contributed by atoms with Crippen LogP contribution in [0.15, 0.2) is 35.4 Å². The fourth-order valence-corrected chi connectivity index (χ4v) is 3.20. The molecule has 0 bridgehead atoms. The second-order valence-electron chi connectivity index (χ2n) is 4.97. The van der Waals surface area contributed by atoms with Gasteiger partial charge >= 0.3 is 0 Å². The number of likely N-dealkylation sites (N-methyl/N-ethyl adjacent to an activating group) is 1. The van der Waals surface area contributed by atoms with Crippen molar-refractivity contribution in [3.05, 3.63) is 41.7 Å². The number of benzene rings is 1. The second kappa shape index (κ2) is 7.45. The lowest BCUT2D eigenvalue weighted by Crippen LogP contribution is -2.33. The molecule has 0 saturated carbocycles. The molecule has 1 N–H and O–H groups in total. The molecular formula is C15H22N4S. The van der Waals surface area contributed by atoms with Gasteiger partial charge in [-0.2, -0.15) is 0 Å². The number of thioether (sulfide) groups is 1. The average Bonchev–Trinajstić information content (AvgIpc) is 2.82. The number of rotatable bonds is 7. The lowest BCUT2D eigenvalue weighted by Gasteiger charge is -2.16. The number of nitrogens with zero attached hydrogens (tertiary/aromatic N) is 3. The Labute approximate surface area is 125 Å². The molecule has 0 radical (unpaired) electrons. The maximum Gasteiger partial charge on any atom is 0.0842 e. The Bertz CT molecular complexity index is 538. The summed E-state index contributed by atoms with van der Waals surface area (Å²) in [6, 6.07) is 9.06. The Morgan fingerprint density at radius 1 is 1.40 bits per heavy atom. The molecule has 1 unspecified atom stereocenters. The SMILES string of the molecule is CCNC(CSc1cccc(C)c1)Cc1cn(C)nn1. The summed E-state index contributed by atoms with van der Waals surface area (Å²) >= 11 is 1.89. The first kappa shape index (κ1) is 15.1. The van der Waals surface area contributed by atoms with Gasteiger partial charge in [-0.05, 0) is 25.6 Å². The van der Waals surface area contributed by atoms with Gasteiger partial charge < -0.3 is 5.32 Å². The molecule has 108 valence electrons. The van der Waals surface area contributed by atoms with Gasteiger partial charge in [-0.1, -0.05) is 29.8 Å². The molecule has 20 heavy (non-hydrogen) atoms. The Kier molecular flexibility index (Phi) is 5.61. The van der Waals surface area contributed by atoms with Crippen LogP contribution in [0.2, 0.25) is 0 Å². The van der Waals surface area contributed by atoms with Crippen LogP contribution in [0.1, 0.15) is 18.2 Å². The van der Waals surface area contributed by atoms with Crippen LogP contribution >= 0.6 is 11.8 Å². The fraction of sp³-hybridized carbons (Fsp3) is 0.467. The summed E-state index contributed by atoms with van der Waals surface area (Å²) in [6.07, 6.45) is 2.90. The van der Waals surface area contributed by atoms with Gasteiger partial charge in [0.25, 0.3) is 0 Å². The first-order valence-electron chi connectivity index (χ1n) is 6.95. The van der Waals surface area contributed by atoms with Gasteiger partial charge in [-0.25, -0.2) is 0 Å². The van der Waals surface area contributed by atoms with Crippen LogP contribution in [0.4, 0.5) is 0 Å². The minimum atomic E-state index is 0.419. The first-order chi connectivity index (χ1) is 9.67. The summed E-state index contributed by atoms with van der Waals surface area (Å²) < 4.78 is 1.76. The Morgan fingerprint density at radius 2 is 2.25 bits per heavy atom. The molecular weight excluding hydrogens is 268 g/mol. The van der Waals surface area contributed by atoms with Crippen LogP contribution < -0.4 is 5.32 Å². The molecule has 1 atom stereocenters. The first-order valence-corrected chi connectivity index (χ1v) is 7.94. The topological polar surface area (TPSA) is 42.7 Å². The normalized spacial score (nSPS) is 12.6. The highest BCUT2D eigenvalue weighted by atomic mass is 32.2. The number of nitrogens with one attached hydrogen (secondary N) is 1. The molecule has 0 amide bonds. The zero-order chi connectivity index (χ0) is 14.4. The molecule has 2 aromatic rings. The molecule has 1 aromatic heterocycles. The third-order valence-corrected chi connectivity index (χ3v) is 4.20. The summed E-state index contributed by atoms with van der Waals surface area (Å²) in [5.41, 5.74) is 2.35. The van der Waals surface area contributed by atoms with Gasteiger partial charge in [0.1, 0.15) is 0 Å².